The molecule has 0 aliphatic heterocycles. The number of fused-ring (bicyclic) bond motifs is 4. The number of aromatic amines is 1. The summed E-state index contributed by atoms with van der Waals surface area (Å²) in [5, 5.41) is 29.3. The molecule has 13 nitrogen and oxygen atoms in total. The van der Waals surface area contributed by atoms with Gasteiger partial charge >= 0.3 is 6.09 Å². The predicted octanol–water partition coefficient (Wildman–Crippen LogP) is 5.01. The molecule has 1 aromatic carbocycles. The first kappa shape index (κ1) is 26.0. The Morgan fingerprint density at radius 1 is 1.27 bits per heavy atom. The van der Waals surface area contributed by atoms with E-state index in [-0.39, 0.29) is 50.4 Å². The van der Waals surface area contributed by atoms with Crippen molar-refractivity contribution in [2.45, 2.75) is 39.2 Å². The van der Waals surface area contributed by atoms with Crippen molar-refractivity contribution < 1.29 is 18.0 Å². The van der Waals surface area contributed by atoms with Crippen LogP contribution in [0.2, 0.25) is 0 Å². The number of H-pyrrole nitrogens is 1. The number of carbonyl (C=O) groups excluding carboxylic acids is 1. The van der Waals surface area contributed by atoms with Crippen molar-refractivity contribution in [1.29, 1.82) is 5.26 Å². The molecule has 5 heterocycles. The maximum Gasteiger partial charge on any atom is 0.415 e. The Hall–Kier alpha value is -5.42. The molecular weight excluding hydrogens is 603 g/mol. The normalized spacial score (nSPS) is 13.1. The lowest BCUT2D eigenvalue weighted by Gasteiger charge is -2.25. The van der Waals surface area contributed by atoms with Crippen LogP contribution in [0, 0.1) is 24.1 Å². The summed E-state index contributed by atoms with van der Waals surface area (Å²) in [6.45, 7) is 3.17. The monoisotopic (exact) mass is 631 g/mol. The number of nitriles is 1. The minimum atomic E-state index is -3.18. The molecule has 0 aliphatic rings. The van der Waals surface area contributed by atoms with Crippen LogP contribution in [0.5, 0.6) is 0 Å². The van der Waals surface area contributed by atoms with E-state index in [1.165, 1.54) is 30.1 Å². The SMILES string of the molecule is [2H]C([2H])([2H])N(C(=O)OC(C)(C)C)c1nc(-c2cnn(C)c2-c2c(F)cc3c(ccc4nnc(C)n43)c2C#N)cc2c(CCl)n[nH]c(=O)c12. The number of amides is 1. The fraction of sp³-hybridized carbons (Fsp3) is 0.267. The van der Waals surface area contributed by atoms with E-state index < -0.39 is 35.9 Å². The smallest absolute Gasteiger partial charge is 0.415 e. The van der Waals surface area contributed by atoms with Crippen LogP contribution in [0.1, 0.15) is 42.0 Å². The molecule has 6 aromatic rings. The van der Waals surface area contributed by atoms with Crippen LogP contribution in [-0.2, 0) is 17.7 Å². The topological polar surface area (TPSA) is 160 Å². The third-order valence-corrected chi connectivity index (χ3v) is 7.35. The summed E-state index contributed by atoms with van der Waals surface area (Å²) >= 11 is 6.19. The van der Waals surface area contributed by atoms with Gasteiger partial charge in [0.1, 0.15) is 23.3 Å². The Balaban J connectivity index is 1.69. The fourth-order valence-electron chi connectivity index (χ4n) is 5.23. The van der Waals surface area contributed by atoms with Gasteiger partial charge in [-0.25, -0.2) is 19.3 Å². The van der Waals surface area contributed by atoms with Crippen molar-refractivity contribution in [1.82, 2.24) is 39.6 Å². The van der Waals surface area contributed by atoms with Crippen LogP contribution >= 0.6 is 11.6 Å². The van der Waals surface area contributed by atoms with Gasteiger partial charge in [-0.15, -0.1) is 21.8 Å². The molecule has 0 saturated carbocycles. The molecule has 228 valence electrons. The largest absolute Gasteiger partial charge is 0.443 e. The van der Waals surface area contributed by atoms with Crippen LogP contribution in [0.4, 0.5) is 15.0 Å². The minimum absolute atomic E-state index is 0.0225. The molecule has 6 rings (SSSR count). The molecule has 0 unspecified atom stereocenters. The third kappa shape index (κ3) is 4.81. The number of alkyl halides is 1. The van der Waals surface area contributed by atoms with E-state index in [1.807, 2.05) is 0 Å². The molecule has 0 fully saturated rings. The zero-order valence-electron chi connectivity index (χ0n) is 27.6. The van der Waals surface area contributed by atoms with Gasteiger partial charge in [-0.05, 0) is 52.0 Å². The highest BCUT2D eigenvalue weighted by molar-refractivity contribution is 6.18. The van der Waals surface area contributed by atoms with E-state index in [2.05, 4.69) is 36.5 Å². The number of pyridine rings is 2. The molecule has 0 bridgehead atoms. The van der Waals surface area contributed by atoms with E-state index in [0.717, 1.165) is 0 Å². The second-order valence-corrected chi connectivity index (χ2v) is 11.4. The van der Waals surface area contributed by atoms with Crippen molar-refractivity contribution >= 4 is 50.8 Å². The summed E-state index contributed by atoms with van der Waals surface area (Å²) in [4.78, 5) is 31.5. The fourth-order valence-corrected chi connectivity index (χ4v) is 5.43. The molecule has 5 aromatic heterocycles. The first-order valence-electron chi connectivity index (χ1n) is 15.0. The van der Waals surface area contributed by atoms with Crippen LogP contribution in [0.3, 0.4) is 0 Å². The van der Waals surface area contributed by atoms with Crippen molar-refractivity contribution in [2.24, 2.45) is 7.05 Å². The summed E-state index contributed by atoms with van der Waals surface area (Å²) in [5.74, 6) is -1.08. The Bertz CT molecular complexity index is 2410. The lowest BCUT2D eigenvalue weighted by Crippen LogP contribution is -2.35. The Morgan fingerprint density at radius 2 is 2.04 bits per heavy atom. The van der Waals surface area contributed by atoms with Gasteiger partial charge in [0.15, 0.2) is 11.5 Å². The number of hydrogen-bond acceptors (Lipinski definition) is 9. The number of hydrogen-bond donors (Lipinski definition) is 1. The van der Waals surface area contributed by atoms with Crippen LogP contribution < -0.4 is 10.5 Å². The average molecular weight is 632 g/mol. The number of rotatable bonds is 4. The first-order chi connectivity index (χ1) is 22.6. The number of nitrogens with one attached hydrogen (secondary N) is 1. The summed E-state index contributed by atoms with van der Waals surface area (Å²) in [6.07, 6.45) is 0.0470. The van der Waals surface area contributed by atoms with Gasteiger partial charge in [0, 0.05) is 34.5 Å². The molecule has 1 N–H and O–H groups in total. The lowest BCUT2D eigenvalue weighted by atomic mass is 9.95. The van der Waals surface area contributed by atoms with Gasteiger partial charge in [-0.2, -0.15) is 15.5 Å². The van der Waals surface area contributed by atoms with Gasteiger partial charge < -0.3 is 4.74 Å². The zero-order chi connectivity index (χ0) is 34.9. The highest BCUT2D eigenvalue weighted by Crippen LogP contribution is 2.40. The number of nitrogens with zero attached hydrogens (tertiary/aromatic N) is 9. The number of anilines is 1. The second kappa shape index (κ2) is 10.6. The van der Waals surface area contributed by atoms with Crippen LogP contribution in [0.15, 0.2) is 35.3 Å². The number of benzene rings is 1. The molecule has 0 aliphatic carbocycles. The maximum absolute atomic E-state index is 16.3. The number of carbonyl (C=O) groups is 1. The predicted molar refractivity (Wildman–Crippen MR) is 165 cm³/mol. The van der Waals surface area contributed by atoms with Gasteiger partial charge in [-0.3, -0.25) is 18.8 Å². The Kier molecular flexibility index (Phi) is 6.15. The first-order valence-corrected chi connectivity index (χ1v) is 14.0. The second-order valence-electron chi connectivity index (χ2n) is 11.2. The highest BCUT2D eigenvalue weighted by atomic mass is 35.5. The van der Waals surface area contributed by atoms with Gasteiger partial charge in [-0.1, -0.05) is 0 Å². The van der Waals surface area contributed by atoms with E-state index >= 15 is 4.39 Å². The lowest BCUT2D eigenvalue weighted by molar-refractivity contribution is 0.0588. The molecule has 0 saturated heterocycles. The van der Waals surface area contributed by atoms with E-state index in [0.29, 0.717) is 27.3 Å². The van der Waals surface area contributed by atoms with Gasteiger partial charge in [0.2, 0.25) is 0 Å². The third-order valence-electron chi connectivity index (χ3n) is 7.10. The van der Waals surface area contributed by atoms with E-state index in [1.54, 1.807) is 44.2 Å². The summed E-state index contributed by atoms with van der Waals surface area (Å²) in [5.41, 5.74) is -0.904. The number of ether oxygens (including phenoxy) is 1. The number of aryl methyl sites for hydroxylation is 2. The minimum Gasteiger partial charge on any atom is -0.443 e. The summed E-state index contributed by atoms with van der Waals surface area (Å²) < 4.78 is 49.4. The summed E-state index contributed by atoms with van der Waals surface area (Å²) in [6, 6.07) is 8.10. The van der Waals surface area contributed by atoms with Crippen LogP contribution in [0.25, 0.3) is 49.8 Å². The standard InChI is InChI=1S/C30H26ClFN10O3/c1-14-36-38-23-8-7-15-17(12-33)24(19(32)10-22(15)42(14)23)26-18(13-34-41(26)6)20-9-16-21(11-31)37-39-28(43)25(16)27(35-20)40(5)29(44)45-30(2,3)4/h7-10,13H,11H2,1-6H3,(H,39,43)/i5D3. The Morgan fingerprint density at radius 3 is 2.73 bits per heavy atom. The van der Waals surface area contributed by atoms with Gasteiger partial charge in [0.25, 0.3) is 5.56 Å². The zero-order valence-corrected chi connectivity index (χ0v) is 25.4. The van der Waals surface area contributed by atoms with Crippen molar-refractivity contribution in [3.63, 3.8) is 0 Å². The highest BCUT2D eigenvalue weighted by Gasteiger charge is 2.28. The average Bonchev–Trinajstić information content (AvgIpc) is 3.57. The van der Waals surface area contributed by atoms with E-state index in [9.17, 15) is 14.9 Å². The number of halogens is 2. The maximum atomic E-state index is 16.3. The van der Waals surface area contributed by atoms with Crippen molar-refractivity contribution in [2.75, 3.05) is 11.9 Å². The molecule has 45 heavy (non-hydrogen) atoms. The molecule has 0 atom stereocenters. The van der Waals surface area contributed by atoms with Gasteiger partial charge in [0.05, 0.1) is 51.2 Å². The Labute approximate surface area is 264 Å². The number of aromatic nitrogens is 8. The molecular formula is C30H26ClFN10O3. The van der Waals surface area contributed by atoms with Crippen LogP contribution in [-0.4, -0.2) is 58.2 Å². The molecule has 0 spiro atoms. The quantitative estimate of drug-likeness (QED) is 0.264. The molecule has 1 amide bonds. The molecule has 15 heteroatoms. The molecule has 0 radical (unpaired) electrons. The van der Waals surface area contributed by atoms with E-state index in [4.69, 9.17) is 20.5 Å². The van der Waals surface area contributed by atoms with Crippen molar-refractivity contribution in [3.05, 3.63) is 63.7 Å². The van der Waals surface area contributed by atoms with Crippen molar-refractivity contribution in [3.8, 4) is 28.6 Å². The summed E-state index contributed by atoms with van der Waals surface area (Å²) in [7, 11) is 1.53.